The fourth-order valence-corrected chi connectivity index (χ4v) is 3.31. The summed E-state index contributed by atoms with van der Waals surface area (Å²) in [5, 5.41) is 11.7. The number of carbonyl (C=O) groups is 1. The second-order valence-electron chi connectivity index (χ2n) is 6.30. The van der Waals surface area contributed by atoms with Gasteiger partial charge in [-0.2, -0.15) is 0 Å². The maximum absolute atomic E-state index is 12.7. The van der Waals surface area contributed by atoms with Crippen LogP contribution in [0, 0.1) is 5.92 Å². The Labute approximate surface area is 131 Å². The Bertz CT molecular complexity index is 667. The summed E-state index contributed by atoms with van der Waals surface area (Å²) < 4.78 is 0. The highest BCUT2D eigenvalue weighted by atomic mass is 16.3. The van der Waals surface area contributed by atoms with Gasteiger partial charge >= 0.3 is 0 Å². The van der Waals surface area contributed by atoms with E-state index in [-0.39, 0.29) is 24.3 Å². The van der Waals surface area contributed by atoms with E-state index < -0.39 is 0 Å². The Morgan fingerprint density at radius 2 is 2.05 bits per heavy atom. The Kier molecular flexibility index (Phi) is 4.44. The van der Waals surface area contributed by atoms with Gasteiger partial charge in [0, 0.05) is 19.7 Å². The number of nitrogens with zero attached hydrogens (tertiary/aromatic N) is 1. The molecule has 0 saturated carbocycles. The van der Waals surface area contributed by atoms with Crippen LogP contribution in [0.4, 0.5) is 0 Å². The van der Waals surface area contributed by atoms with Crippen molar-refractivity contribution in [3.63, 3.8) is 0 Å². The van der Waals surface area contributed by atoms with Crippen LogP contribution in [-0.2, 0) is 4.79 Å². The van der Waals surface area contributed by atoms with Crippen molar-refractivity contribution in [1.82, 2.24) is 4.90 Å². The summed E-state index contributed by atoms with van der Waals surface area (Å²) in [5.41, 5.74) is 1.06. The minimum atomic E-state index is -0.137. The van der Waals surface area contributed by atoms with Crippen LogP contribution in [0.1, 0.15) is 31.2 Å². The lowest BCUT2D eigenvalue weighted by molar-refractivity contribution is -0.134. The smallest absolute Gasteiger partial charge is 0.229 e. The second-order valence-corrected chi connectivity index (χ2v) is 6.30. The third-order valence-electron chi connectivity index (χ3n) is 4.73. The van der Waals surface area contributed by atoms with Gasteiger partial charge in [-0.3, -0.25) is 4.79 Å². The molecular formula is C19H23NO2. The summed E-state index contributed by atoms with van der Waals surface area (Å²) in [5.74, 6) is 0.275. The number of piperidine rings is 1. The number of likely N-dealkylation sites (tertiary alicyclic amines) is 1. The molecule has 0 bridgehead atoms. The van der Waals surface area contributed by atoms with Gasteiger partial charge in [0.2, 0.25) is 5.91 Å². The van der Waals surface area contributed by atoms with Gasteiger partial charge in [-0.1, -0.05) is 42.5 Å². The molecule has 1 amide bonds. The van der Waals surface area contributed by atoms with Crippen LogP contribution >= 0.6 is 0 Å². The van der Waals surface area contributed by atoms with Crippen molar-refractivity contribution in [2.24, 2.45) is 5.92 Å². The van der Waals surface area contributed by atoms with Gasteiger partial charge in [0.05, 0.1) is 5.92 Å². The van der Waals surface area contributed by atoms with Gasteiger partial charge in [0.15, 0.2) is 0 Å². The molecule has 2 unspecified atom stereocenters. The summed E-state index contributed by atoms with van der Waals surface area (Å²) in [6.45, 7) is 3.66. The van der Waals surface area contributed by atoms with Crippen LogP contribution in [0.3, 0.4) is 0 Å². The number of rotatable bonds is 3. The zero-order valence-corrected chi connectivity index (χ0v) is 13.0. The molecule has 2 atom stereocenters. The van der Waals surface area contributed by atoms with E-state index in [1.54, 1.807) is 0 Å². The summed E-state index contributed by atoms with van der Waals surface area (Å²) >= 11 is 0. The van der Waals surface area contributed by atoms with Gasteiger partial charge < -0.3 is 10.0 Å². The standard InChI is InChI=1S/C19H23NO2/c1-14(19(22)20-10-4-5-15(12-20)13-21)17-9-8-16-6-2-3-7-18(16)11-17/h2-3,6-9,11,14-15,21H,4-5,10,12-13H2,1H3. The van der Waals surface area contributed by atoms with Crippen molar-refractivity contribution in [2.45, 2.75) is 25.7 Å². The lowest BCUT2D eigenvalue weighted by atomic mass is 9.94. The Morgan fingerprint density at radius 3 is 2.82 bits per heavy atom. The molecule has 1 heterocycles. The largest absolute Gasteiger partial charge is 0.396 e. The normalized spacial score (nSPS) is 20.1. The third kappa shape index (κ3) is 3.00. The number of carbonyl (C=O) groups excluding carboxylic acids is 1. The van der Waals surface area contributed by atoms with Crippen LogP contribution < -0.4 is 0 Å². The molecule has 1 aliphatic rings. The van der Waals surface area contributed by atoms with Crippen LogP contribution in [0.25, 0.3) is 10.8 Å². The fourth-order valence-electron chi connectivity index (χ4n) is 3.31. The molecule has 1 N–H and O–H groups in total. The van der Waals surface area contributed by atoms with E-state index in [9.17, 15) is 9.90 Å². The molecule has 2 aromatic rings. The molecule has 2 aromatic carbocycles. The SMILES string of the molecule is CC(C(=O)N1CCCC(CO)C1)c1ccc2ccccc2c1. The quantitative estimate of drug-likeness (QED) is 0.945. The molecule has 22 heavy (non-hydrogen) atoms. The molecule has 0 aromatic heterocycles. The Hall–Kier alpha value is -1.87. The molecule has 1 saturated heterocycles. The van der Waals surface area contributed by atoms with E-state index in [1.807, 2.05) is 24.0 Å². The van der Waals surface area contributed by atoms with Gasteiger partial charge in [-0.15, -0.1) is 0 Å². The van der Waals surface area contributed by atoms with Crippen molar-refractivity contribution in [3.05, 3.63) is 48.0 Å². The number of amides is 1. The molecule has 3 rings (SSSR count). The number of fused-ring (bicyclic) bond motifs is 1. The first-order chi connectivity index (χ1) is 10.7. The summed E-state index contributed by atoms with van der Waals surface area (Å²) in [6.07, 6.45) is 2.01. The first-order valence-electron chi connectivity index (χ1n) is 8.07. The Morgan fingerprint density at radius 1 is 1.27 bits per heavy atom. The highest BCUT2D eigenvalue weighted by Gasteiger charge is 2.27. The van der Waals surface area contributed by atoms with Gasteiger partial charge in [-0.25, -0.2) is 0 Å². The van der Waals surface area contributed by atoms with Crippen molar-refractivity contribution in [1.29, 1.82) is 0 Å². The zero-order valence-electron chi connectivity index (χ0n) is 13.0. The number of hydrogen-bond acceptors (Lipinski definition) is 2. The second kappa shape index (κ2) is 6.49. The maximum atomic E-state index is 12.7. The fraction of sp³-hybridized carbons (Fsp3) is 0.421. The maximum Gasteiger partial charge on any atom is 0.229 e. The van der Waals surface area contributed by atoms with Crippen molar-refractivity contribution in [3.8, 4) is 0 Å². The monoisotopic (exact) mass is 297 g/mol. The van der Waals surface area contributed by atoms with Gasteiger partial charge in [0.1, 0.15) is 0 Å². The van der Waals surface area contributed by atoms with Crippen LogP contribution in [-0.4, -0.2) is 35.6 Å². The summed E-state index contributed by atoms with van der Waals surface area (Å²) in [4.78, 5) is 14.7. The number of aliphatic hydroxyl groups excluding tert-OH is 1. The molecule has 1 fully saturated rings. The highest BCUT2D eigenvalue weighted by molar-refractivity contribution is 5.87. The average molecular weight is 297 g/mol. The molecule has 3 heteroatoms. The lowest BCUT2D eigenvalue weighted by Gasteiger charge is -2.33. The molecule has 0 spiro atoms. The predicted molar refractivity (Wildman–Crippen MR) is 88.8 cm³/mol. The van der Waals surface area contributed by atoms with E-state index in [2.05, 4.69) is 30.3 Å². The van der Waals surface area contributed by atoms with E-state index in [0.717, 1.165) is 24.9 Å². The van der Waals surface area contributed by atoms with Crippen LogP contribution in [0.5, 0.6) is 0 Å². The number of aliphatic hydroxyl groups is 1. The minimum absolute atomic E-state index is 0.137. The van der Waals surface area contributed by atoms with E-state index in [0.29, 0.717) is 6.54 Å². The minimum Gasteiger partial charge on any atom is -0.396 e. The van der Waals surface area contributed by atoms with E-state index >= 15 is 0 Å². The Balaban J connectivity index is 1.79. The average Bonchev–Trinajstić information content (AvgIpc) is 2.60. The summed E-state index contributed by atoms with van der Waals surface area (Å²) in [7, 11) is 0. The van der Waals surface area contributed by atoms with E-state index in [1.165, 1.54) is 10.8 Å². The predicted octanol–water partition coefficient (Wildman–Crippen LogP) is 3.17. The van der Waals surface area contributed by atoms with Gasteiger partial charge in [0.25, 0.3) is 0 Å². The molecule has 1 aliphatic heterocycles. The van der Waals surface area contributed by atoms with Crippen molar-refractivity contribution >= 4 is 16.7 Å². The van der Waals surface area contributed by atoms with Gasteiger partial charge in [-0.05, 0) is 42.0 Å². The highest BCUT2D eigenvalue weighted by Crippen LogP contribution is 2.25. The molecule has 116 valence electrons. The topological polar surface area (TPSA) is 40.5 Å². The first kappa shape index (κ1) is 15.0. The van der Waals surface area contributed by atoms with Crippen molar-refractivity contribution < 1.29 is 9.90 Å². The first-order valence-corrected chi connectivity index (χ1v) is 8.07. The number of hydrogen-bond donors (Lipinski definition) is 1. The van der Waals surface area contributed by atoms with Crippen LogP contribution in [0.2, 0.25) is 0 Å². The third-order valence-corrected chi connectivity index (χ3v) is 4.73. The van der Waals surface area contributed by atoms with Crippen molar-refractivity contribution in [2.75, 3.05) is 19.7 Å². The molecule has 0 radical (unpaired) electrons. The molecular weight excluding hydrogens is 274 g/mol. The van der Waals surface area contributed by atoms with Crippen LogP contribution in [0.15, 0.2) is 42.5 Å². The molecule has 3 nitrogen and oxygen atoms in total. The summed E-state index contributed by atoms with van der Waals surface area (Å²) in [6, 6.07) is 14.5. The zero-order chi connectivity index (χ0) is 15.5. The lowest BCUT2D eigenvalue weighted by Crippen LogP contribution is -2.42. The molecule has 0 aliphatic carbocycles. The van der Waals surface area contributed by atoms with E-state index in [4.69, 9.17) is 0 Å². The number of benzene rings is 2.